The average molecular weight is 1080 g/mol. The van der Waals surface area contributed by atoms with Crippen LogP contribution in [0.5, 0.6) is 0 Å². The van der Waals surface area contributed by atoms with Crippen LogP contribution in [0.3, 0.4) is 0 Å². The largest absolute Gasteiger partial charge is 0.472 e. The molecule has 3 unspecified atom stereocenters. The molecule has 0 aliphatic carbocycles. The summed E-state index contributed by atoms with van der Waals surface area (Å²) in [4.78, 5) is 48.5. The van der Waals surface area contributed by atoms with Gasteiger partial charge in [-0.2, -0.15) is 0 Å². The molecule has 0 rings (SSSR count). The number of ether oxygens (including phenoxy) is 3. The van der Waals surface area contributed by atoms with Crippen LogP contribution in [0.25, 0.3) is 0 Å². The average Bonchev–Trinajstić information content (AvgIpc) is 3.41. The molecule has 0 aromatic rings. The Balaban J connectivity index is 4.88. The van der Waals surface area contributed by atoms with Gasteiger partial charge in [0.25, 0.3) is 0 Å². The van der Waals surface area contributed by atoms with E-state index >= 15 is 0 Å². The van der Waals surface area contributed by atoms with Crippen LogP contribution in [0.1, 0.15) is 213 Å². The van der Waals surface area contributed by atoms with Crippen molar-refractivity contribution in [1.29, 1.82) is 0 Å². The quantitative estimate of drug-likeness (QED) is 0.0197. The molecule has 0 bridgehead atoms. The highest BCUT2D eigenvalue weighted by Crippen LogP contribution is 2.43. The van der Waals surface area contributed by atoms with Crippen molar-refractivity contribution in [2.75, 3.05) is 26.4 Å². The Morgan fingerprint density at radius 3 is 1.11 bits per heavy atom. The number of carbonyl (C=O) groups is 3. The van der Waals surface area contributed by atoms with Crippen LogP contribution in [-0.2, 0) is 42.2 Å². The van der Waals surface area contributed by atoms with Crippen LogP contribution in [0.4, 0.5) is 0 Å². The monoisotopic (exact) mass is 1080 g/mol. The maximum Gasteiger partial charge on any atom is 0.472 e. The van der Waals surface area contributed by atoms with Crippen molar-refractivity contribution in [2.45, 2.75) is 226 Å². The van der Waals surface area contributed by atoms with Crippen LogP contribution < -0.4 is 0 Å². The van der Waals surface area contributed by atoms with Crippen molar-refractivity contribution >= 4 is 25.7 Å². The molecule has 2 N–H and O–H groups in total. The summed E-state index contributed by atoms with van der Waals surface area (Å²) in [6, 6.07) is 0. The number of esters is 3. The molecule has 12 heteroatoms. The summed E-state index contributed by atoms with van der Waals surface area (Å²) in [5.41, 5.74) is 0. The standard InChI is InChI=1S/C64H103O11P/c1-4-7-10-13-16-19-22-25-27-29-30-32-34-37-40-43-46-49-52-55-64(68)75-61(57-71-62(66)53-50-47-44-41-38-36-33-31-28-26-23-20-17-14-11-8-5-2)59-73-76(69,70)72-58-60(56-65)74-63(67)54-51-48-45-42-39-35-24-21-18-15-12-9-6-3/h8-9,11-12,16-21,25-28,30,32-33,35-36,39,41,44,60-61,65H,4-7,10,13-15,22-24,29,31,34,37-38,40,42-43,45-59H2,1-3H3,(H,69,70)/b11-8-,12-9-,19-16-,20-17-,21-18-,27-25-,28-26-,32-30-,36-33-,39-35-,44-41-. The molecule has 0 saturated carbocycles. The fraction of sp³-hybridized carbons (Fsp3) is 0.609. The van der Waals surface area contributed by atoms with E-state index < -0.39 is 57.8 Å². The van der Waals surface area contributed by atoms with E-state index in [1.807, 2.05) is 6.08 Å². The number of rotatable bonds is 52. The summed E-state index contributed by atoms with van der Waals surface area (Å²) < 4.78 is 39.4. The number of allylic oxidation sites excluding steroid dienone is 22. The Hall–Kier alpha value is -4.38. The SMILES string of the molecule is CC/C=C\C/C=C\C/C=C\C/C=C\C/C=C\CCCC(=O)OCC(COP(=O)(O)OCC(CO)OC(=O)CCCCC/C=C\C/C=C\C/C=C\CC)OC(=O)CCCCCCCC/C=C\C/C=C\C/C=C\CCCCC. The molecule has 3 atom stereocenters. The predicted octanol–water partition coefficient (Wildman–Crippen LogP) is 17.4. The van der Waals surface area contributed by atoms with Crippen LogP contribution in [0.2, 0.25) is 0 Å². The van der Waals surface area contributed by atoms with Gasteiger partial charge in [0.15, 0.2) is 6.10 Å². The summed E-state index contributed by atoms with van der Waals surface area (Å²) >= 11 is 0. The molecule has 0 fully saturated rings. The topological polar surface area (TPSA) is 155 Å². The second-order valence-corrected chi connectivity index (χ2v) is 20.1. The predicted molar refractivity (Wildman–Crippen MR) is 316 cm³/mol. The van der Waals surface area contributed by atoms with Gasteiger partial charge in [-0.1, -0.05) is 199 Å². The molecule has 0 amide bonds. The first-order chi connectivity index (χ1) is 37.2. The highest BCUT2D eigenvalue weighted by atomic mass is 31.2. The number of hydrogen-bond acceptors (Lipinski definition) is 10. The van der Waals surface area contributed by atoms with Gasteiger partial charge >= 0.3 is 25.7 Å². The van der Waals surface area contributed by atoms with E-state index in [2.05, 4.69) is 148 Å². The van der Waals surface area contributed by atoms with E-state index in [1.165, 1.54) is 25.7 Å². The zero-order chi connectivity index (χ0) is 55.5. The zero-order valence-corrected chi connectivity index (χ0v) is 48.3. The summed E-state index contributed by atoms with van der Waals surface area (Å²) in [7, 11) is -4.78. The Morgan fingerprint density at radius 1 is 0.382 bits per heavy atom. The van der Waals surface area contributed by atoms with Gasteiger partial charge in [0, 0.05) is 19.3 Å². The smallest absolute Gasteiger partial charge is 0.462 e. The number of aliphatic hydroxyl groups is 1. The molecule has 76 heavy (non-hydrogen) atoms. The number of carbonyl (C=O) groups excluding carboxylic acids is 3. The summed E-state index contributed by atoms with van der Waals surface area (Å²) in [6.07, 6.45) is 71.3. The highest BCUT2D eigenvalue weighted by Gasteiger charge is 2.28. The Kier molecular flexibility index (Phi) is 53.5. The van der Waals surface area contributed by atoms with Crippen molar-refractivity contribution < 1.29 is 52.2 Å². The van der Waals surface area contributed by atoms with Gasteiger partial charge in [0.05, 0.1) is 19.8 Å². The van der Waals surface area contributed by atoms with Crippen molar-refractivity contribution in [3.05, 3.63) is 134 Å². The van der Waals surface area contributed by atoms with E-state index in [9.17, 15) is 28.9 Å². The first-order valence-electron chi connectivity index (χ1n) is 29.1. The first kappa shape index (κ1) is 71.6. The molecule has 0 spiro atoms. The molecule has 0 aromatic carbocycles. The molecule has 0 saturated heterocycles. The number of phosphoric ester groups is 1. The van der Waals surface area contributed by atoms with Gasteiger partial charge in [0.2, 0.25) is 0 Å². The molecular formula is C64H103O11P. The van der Waals surface area contributed by atoms with Crippen LogP contribution >= 0.6 is 7.82 Å². The molecule has 0 heterocycles. The Labute approximate surface area is 461 Å². The van der Waals surface area contributed by atoms with E-state index in [1.54, 1.807) is 0 Å². The summed E-state index contributed by atoms with van der Waals surface area (Å²) in [5.74, 6) is -1.60. The Morgan fingerprint density at radius 2 is 0.697 bits per heavy atom. The van der Waals surface area contributed by atoms with E-state index in [-0.39, 0.29) is 25.9 Å². The highest BCUT2D eigenvalue weighted by molar-refractivity contribution is 7.47. The maximum absolute atomic E-state index is 12.9. The molecule has 0 radical (unpaired) electrons. The van der Waals surface area contributed by atoms with Gasteiger partial charge in [-0.25, -0.2) is 4.57 Å². The summed E-state index contributed by atoms with van der Waals surface area (Å²) in [5, 5.41) is 9.80. The number of hydrogen-bond donors (Lipinski definition) is 2. The lowest BCUT2D eigenvalue weighted by molar-refractivity contribution is -0.161. The third-order valence-corrected chi connectivity index (χ3v) is 12.5. The molecule has 430 valence electrons. The van der Waals surface area contributed by atoms with E-state index in [0.717, 1.165) is 122 Å². The fourth-order valence-corrected chi connectivity index (χ4v) is 7.96. The minimum atomic E-state index is -4.78. The molecule has 0 aliphatic heterocycles. The molecular weight excluding hydrogens is 976 g/mol. The second kappa shape index (κ2) is 56.8. The van der Waals surface area contributed by atoms with Crippen molar-refractivity contribution in [1.82, 2.24) is 0 Å². The van der Waals surface area contributed by atoms with Crippen molar-refractivity contribution in [3.8, 4) is 0 Å². The fourth-order valence-electron chi connectivity index (χ4n) is 7.18. The van der Waals surface area contributed by atoms with Crippen LogP contribution in [0, 0.1) is 0 Å². The van der Waals surface area contributed by atoms with Gasteiger partial charge in [-0.15, -0.1) is 0 Å². The van der Waals surface area contributed by atoms with Crippen LogP contribution in [-0.4, -0.2) is 66.5 Å². The minimum Gasteiger partial charge on any atom is -0.462 e. The Bertz CT molecular complexity index is 1780. The molecule has 0 aromatic heterocycles. The molecule has 0 aliphatic rings. The van der Waals surface area contributed by atoms with E-state index in [0.29, 0.717) is 25.7 Å². The third kappa shape index (κ3) is 54.4. The van der Waals surface area contributed by atoms with Gasteiger partial charge in [-0.05, 0) is 128 Å². The minimum absolute atomic E-state index is 0.130. The van der Waals surface area contributed by atoms with Crippen molar-refractivity contribution in [3.63, 3.8) is 0 Å². The maximum atomic E-state index is 12.9. The first-order valence-corrected chi connectivity index (χ1v) is 30.6. The second-order valence-electron chi connectivity index (χ2n) is 18.7. The van der Waals surface area contributed by atoms with Gasteiger partial charge in [-0.3, -0.25) is 23.4 Å². The lowest BCUT2D eigenvalue weighted by Gasteiger charge is -2.21. The van der Waals surface area contributed by atoms with E-state index in [4.69, 9.17) is 23.3 Å². The summed E-state index contributed by atoms with van der Waals surface area (Å²) in [6.45, 7) is 4.25. The number of phosphoric acid groups is 1. The number of aliphatic hydroxyl groups excluding tert-OH is 1. The van der Waals surface area contributed by atoms with Crippen LogP contribution in [0.15, 0.2) is 134 Å². The third-order valence-electron chi connectivity index (χ3n) is 11.5. The lowest BCUT2D eigenvalue weighted by atomic mass is 10.1. The number of unbranched alkanes of at least 4 members (excludes halogenated alkanes) is 13. The van der Waals surface area contributed by atoms with Gasteiger partial charge < -0.3 is 24.2 Å². The lowest BCUT2D eigenvalue weighted by Crippen LogP contribution is -2.30. The zero-order valence-electron chi connectivity index (χ0n) is 47.4. The molecule has 11 nitrogen and oxygen atoms in total. The van der Waals surface area contributed by atoms with Gasteiger partial charge in [0.1, 0.15) is 12.7 Å². The normalized spacial score (nSPS) is 14.3. The van der Waals surface area contributed by atoms with Crippen molar-refractivity contribution in [2.24, 2.45) is 0 Å².